The summed E-state index contributed by atoms with van der Waals surface area (Å²) in [5, 5.41) is 19.3. The molecule has 4 heterocycles. The van der Waals surface area contributed by atoms with Crippen LogP contribution in [-0.4, -0.2) is 26.7 Å². The maximum Gasteiger partial charge on any atom is 0.200 e. The fourth-order valence-electron chi connectivity index (χ4n) is 5.03. The average Bonchev–Trinajstić information content (AvgIpc) is 3.57. The molecule has 1 atom stereocenters. The zero-order chi connectivity index (χ0) is 25.0. The molecule has 9 heteroatoms. The van der Waals surface area contributed by atoms with Crippen molar-refractivity contribution in [2.75, 3.05) is 5.32 Å². The van der Waals surface area contributed by atoms with Gasteiger partial charge in [0.05, 0.1) is 40.3 Å². The number of nitrogens with one attached hydrogen (secondary N) is 3. The number of hydrogen-bond donors (Lipinski definition) is 4. The number of hydrogen-bond acceptors (Lipinski definition) is 7. The van der Waals surface area contributed by atoms with E-state index < -0.39 is 5.66 Å². The highest BCUT2D eigenvalue weighted by Gasteiger charge is 2.39. The van der Waals surface area contributed by atoms with Crippen molar-refractivity contribution in [3.8, 4) is 22.4 Å². The highest BCUT2D eigenvalue weighted by molar-refractivity contribution is 5.88. The fraction of sp³-hybridized carbons (Fsp3) is 0.0714. The normalized spacial score (nSPS) is 16.7. The Hall–Kier alpha value is -5.02. The van der Waals surface area contributed by atoms with Crippen LogP contribution in [0.3, 0.4) is 0 Å². The van der Waals surface area contributed by atoms with Crippen LogP contribution in [-0.2, 0) is 12.1 Å². The summed E-state index contributed by atoms with van der Waals surface area (Å²) in [6, 6.07) is 22.7. The summed E-state index contributed by atoms with van der Waals surface area (Å²) in [4.78, 5) is 18.4. The summed E-state index contributed by atoms with van der Waals surface area (Å²) in [5.74, 6) is 1.03. The van der Waals surface area contributed by atoms with Gasteiger partial charge in [-0.1, -0.05) is 54.6 Å². The third-order valence-corrected chi connectivity index (χ3v) is 6.79. The quantitative estimate of drug-likeness (QED) is 0.288. The van der Waals surface area contributed by atoms with Crippen LogP contribution in [0.15, 0.2) is 93.2 Å². The minimum atomic E-state index is -1.26. The SMILES string of the molecule is NC1(Cc2oc3ccccc3c(=O)c2-c2ccccc2)N=CNc2n[nH]c(-c3ccc4cn[nH]c4c3)c21. The van der Waals surface area contributed by atoms with E-state index in [1.54, 1.807) is 18.3 Å². The molecule has 0 fully saturated rings. The molecule has 0 radical (unpaired) electrons. The molecule has 3 aromatic carbocycles. The molecule has 7 rings (SSSR count). The lowest BCUT2D eigenvalue weighted by atomic mass is 9.89. The van der Waals surface area contributed by atoms with Crippen LogP contribution in [0, 0.1) is 0 Å². The van der Waals surface area contributed by atoms with Gasteiger partial charge in [-0.05, 0) is 23.8 Å². The molecular formula is C28H21N7O2. The molecule has 6 aromatic rings. The summed E-state index contributed by atoms with van der Waals surface area (Å²) in [7, 11) is 0. The van der Waals surface area contributed by atoms with E-state index >= 15 is 0 Å². The number of nitrogens with zero attached hydrogens (tertiary/aromatic N) is 3. The maximum atomic E-state index is 13.7. The second-order valence-electron chi connectivity index (χ2n) is 9.09. The third-order valence-electron chi connectivity index (χ3n) is 6.79. The maximum absolute atomic E-state index is 13.7. The van der Waals surface area contributed by atoms with Crippen molar-refractivity contribution in [1.82, 2.24) is 20.4 Å². The number of para-hydroxylation sites is 1. The van der Waals surface area contributed by atoms with E-state index in [0.717, 1.165) is 27.7 Å². The molecule has 5 N–H and O–H groups in total. The Morgan fingerprint density at radius 2 is 1.78 bits per heavy atom. The number of nitrogens with two attached hydrogens (primary N) is 1. The van der Waals surface area contributed by atoms with Gasteiger partial charge >= 0.3 is 0 Å². The van der Waals surface area contributed by atoms with Gasteiger partial charge in [-0.15, -0.1) is 0 Å². The van der Waals surface area contributed by atoms with Gasteiger partial charge < -0.3 is 15.5 Å². The zero-order valence-corrected chi connectivity index (χ0v) is 19.5. The van der Waals surface area contributed by atoms with E-state index in [1.165, 1.54) is 6.34 Å². The van der Waals surface area contributed by atoms with Gasteiger partial charge in [-0.3, -0.25) is 15.0 Å². The van der Waals surface area contributed by atoms with Crippen LogP contribution >= 0.6 is 0 Å². The molecule has 1 aliphatic rings. The molecular weight excluding hydrogens is 466 g/mol. The molecule has 0 spiro atoms. The molecule has 0 saturated carbocycles. The first-order valence-corrected chi connectivity index (χ1v) is 11.8. The van der Waals surface area contributed by atoms with Gasteiger partial charge in [0, 0.05) is 17.4 Å². The Bertz CT molecular complexity index is 1880. The lowest BCUT2D eigenvalue weighted by Gasteiger charge is -2.29. The lowest BCUT2D eigenvalue weighted by molar-refractivity contribution is 0.410. The van der Waals surface area contributed by atoms with E-state index in [-0.39, 0.29) is 11.8 Å². The summed E-state index contributed by atoms with van der Waals surface area (Å²) < 4.78 is 6.36. The van der Waals surface area contributed by atoms with Crippen molar-refractivity contribution < 1.29 is 4.42 Å². The second kappa shape index (κ2) is 8.00. The number of aromatic amines is 2. The number of aromatic nitrogens is 4. The van der Waals surface area contributed by atoms with Crippen LogP contribution in [0.5, 0.6) is 0 Å². The first-order chi connectivity index (χ1) is 18.1. The zero-order valence-electron chi connectivity index (χ0n) is 19.5. The molecule has 1 unspecified atom stereocenters. The Labute approximate surface area is 210 Å². The monoisotopic (exact) mass is 487 g/mol. The van der Waals surface area contributed by atoms with Gasteiger partial charge in [0.25, 0.3) is 0 Å². The Morgan fingerprint density at radius 1 is 0.946 bits per heavy atom. The van der Waals surface area contributed by atoms with E-state index in [0.29, 0.717) is 33.7 Å². The van der Waals surface area contributed by atoms with Crippen LogP contribution in [0.25, 0.3) is 44.3 Å². The first-order valence-electron chi connectivity index (χ1n) is 11.8. The number of aliphatic imine (C=N–C) groups is 1. The lowest BCUT2D eigenvalue weighted by Crippen LogP contribution is -2.41. The van der Waals surface area contributed by atoms with Gasteiger partial charge in [-0.2, -0.15) is 10.2 Å². The number of H-pyrrole nitrogens is 2. The molecule has 0 aliphatic carbocycles. The summed E-state index contributed by atoms with van der Waals surface area (Å²) in [6.45, 7) is 0. The van der Waals surface area contributed by atoms with Crippen molar-refractivity contribution in [2.45, 2.75) is 12.1 Å². The van der Waals surface area contributed by atoms with Gasteiger partial charge in [-0.25, -0.2) is 4.99 Å². The Kier molecular flexibility index (Phi) is 4.60. The minimum Gasteiger partial charge on any atom is -0.460 e. The van der Waals surface area contributed by atoms with Crippen LogP contribution < -0.4 is 16.5 Å². The van der Waals surface area contributed by atoms with E-state index in [4.69, 9.17) is 10.2 Å². The summed E-state index contributed by atoms with van der Waals surface area (Å²) in [5.41, 5.74) is 10.6. The number of fused-ring (bicyclic) bond motifs is 3. The molecule has 9 nitrogen and oxygen atoms in total. The molecule has 37 heavy (non-hydrogen) atoms. The third kappa shape index (κ3) is 3.36. The fourth-order valence-corrected chi connectivity index (χ4v) is 5.03. The summed E-state index contributed by atoms with van der Waals surface area (Å²) in [6.07, 6.45) is 3.45. The molecule has 3 aromatic heterocycles. The van der Waals surface area contributed by atoms with E-state index in [9.17, 15) is 4.79 Å². The summed E-state index contributed by atoms with van der Waals surface area (Å²) >= 11 is 0. The standard InChI is InChI=1S/C28H21N7O2/c29-28(13-22-23(16-6-2-1-3-7-16)26(36)19-8-4-5-9-21(19)37-22)24-25(34-35-27(24)30-15-31-28)17-10-11-18-14-32-33-20(18)12-17/h1-12,14-15H,13,29H2,(H,32,33)(H2,30,31,34,35). The second-order valence-corrected chi connectivity index (χ2v) is 9.09. The molecule has 0 bridgehead atoms. The van der Waals surface area contributed by atoms with Crippen molar-refractivity contribution in [3.05, 3.63) is 101 Å². The molecule has 0 saturated heterocycles. The van der Waals surface area contributed by atoms with Gasteiger partial charge in [0.2, 0.25) is 5.43 Å². The molecule has 180 valence electrons. The van der Waals surface area contributed by atoms with Gasteiger partial charge in [0.15, 0.2) is 5.82 Å². The van der Waals surface area contributed by atoms with Crippen molar-refractivity contribution in [3.63, 3.8) is 0 Å². The highest BCUT2D eigenvalue weighted by atomic mass is 16.3. The van der Waals surface area contributed by atoms with Crippen LogP contribution in [0.2, 0.25) is 0 Å². The topological polar surface area (TPSA) is 138 Å². The number of rotatable bonds is 4. The smallest absolute Gasteiger partial charge is 0.200 e. The number of anilines is 1. The molecule has 1 aliphatic heterocycles. The van der Waals surface area contributed by atoms with Gasteiger partial charge in [0.1, 0.15) is 17.0 Å². The van der Waals surface area contributed by atoms with Crippen molar-refractivity contribution >= 4 is 34.0 Å². The predicted octanol–water partition coefficient (Wildman–Crippen LogP) is 4.53. The van der Waals surface area contributed by atoms with Crippen molar-refractivity contribution in [2.24, 2.45) is 10.7 Å². The first kappa shape index (κ1) is 21.3. The average molecular weight is 488 g/mol. The Morgan fingerprint density at radius 3 is 2.68 bits per heavy atom. The van der Waals surface area contributed by atoms with E-state index in [1.807, 2.05) is 60.7 Å². The largest absolute Gasteiger partial charge is 0.460 e. The highest BCUT2D eigenvalue weighted by Crippen LogP contribution is 2.40. The van der Waals surface area contributed by atoms with Crippen LogP contribution in [0.1, 0.15) is 11.3 Å². The molecule has 0 amide bonds. The Balaban J connectivity index is 1.42. The number of benzene rings is 3. The predicted molar refractivity (Wildman–Crippen MR) is 143 cm³/mol. The minimum absolute atomic E-state index is 0.109. The van der Waals surface area contributed by atoms with Crippen molar-refractivity contribution in [1.29, 1.82) is 0 Å². The van der Waals surface area contributed by atoms with E-state index in [2.05, 4.69) is 30.7 Å². The van der Waals surface area contributed by atoms with Crippen LogP contribution in [0.4, 0.5) is 5.82 Å².